The van der Waals surface area contributed by atoms with Crippen molar-refractivity contribution in [2.24, 2.45) is 0 Å². The molecule has 45 heavy (non-hydrogen) atoms. The summed E-state index contributed by atoms with van der Waals surface area (Å²) in [5.41, 5.74) is 0.779. The highest BCUT2D eigenvalue weighted by molar-refractivity contribution is 7.85. The Labute approximate surface area is 257 Å². The van der Waals surface area contributed by atoms with Gasteiger partial charge in [-0.3, -0.25) is 13.9 Å². The van der Waals surface area contributed by atoms with Gasteiger partial charge in [0.05, 0.1) is 29.8 Å². The molecular formula is C31H31F3N4O6S. The summed E-state index contributed by atoms with van der Waals surface area (Å²) < 4.78 is 73.3. The molecule has 0 fully saturated rings. The Kier molecular flexibility index (Phi) is 11.2. The van der Waals surface area contributed by atoms with Gasteiger partial charge >= 0.3 is 0 Å². The lowest BCUT2D eigenvalue weighted by molar-refractivity contribution is 0.203. The zero-order valence-corrected chi connectivity index (χ0v) is 24.2. The average molecular weight is 645 g/mol. The summed E-state index contributed by atoms with van der Waals surface area (Å²) in [6.45, 7) is 2.60. The van der Waals surface area contributed by atoms with Crippen LogP contribution in [0.3, 0.4) is 0 Å². The SMILES string of the molecule is C.Cc1cc(F)ccc1-c1nc(NC(CO)CO)nc2c1ccc(=O)n2-c1c(F)cccc1F.Cc1ccc(S(=O)(=O)O)cc1. The second-order valence-corrected chi connectivity index (χ2v) is 11.1. The lowest BCUT2D eigenvalue weighted by atomic mass is 10.0. The summed E-state index contributed by atoms with van der Waals surface area (Å²) in [6.07, 6.45) is 0. The number of nitrogens with zero attached hydrogens (tertiary/aromatic N) is 3. The quantitative estimate of drug-likeness (QED) is 0.183. The van der Waals surface area contributed by atoms with Crippen LogP contribution in [0.2, 0.25) is 0 Å². The Bertz CT molecular complexity index is 1960. The lowest BCUT2D eigenvalue weighted by Gasteiger charge is -2.18. The molecule has 0 aliphatic carbocycles. The van der Waals surface area contributed by atoms with Gasteiger partial charge in [0.1, 0.15) is 23.1 Å². The van der Waals surface area contributed by atoms with Gasteiger partial charge in [0.2, 0.25) is 5.95 Å². The first kappa shape index (κ1) is 34.9. The molecule has 2 aromatic heterocycles. The van der Waals surface area contributed by atoms with E-state index in [4.69, 9.17) is 4.55 Å². The van der Waals surface area contributed by atoms with Crippen LogP contribution in [-0.4, -0.2) is 57.0 Å². The molecule has 0 saturated heterocycles. The van der Waals surface area contributed by atoms with Gasteiger partial charge in [-0.25, -0.2) is 18.2 Å². The van der Waals surface area contributed by atoms with Gasteiger partial charge in [-0.1, -0.05) is 31.2 Å². The molecule has 4 N–H and O–H groups in total. The number of anilines is 1. The predicted molar refractivity (Wildman–Crippen MR) is 164 cm³/mol. The van der Waals surface area contributed by atoms with Crippen molar-refractivity contribution in [1.82, 2.24) is 14.5 Å². The molecule has 0 bridgehead atoms. The van der Waals surface area contributed by atoms with E-state index in [1.54, 1.807) is 19.1 Å². The Morgan fingerprint density at radius 3 is 2.07 bits per heavy atom. The van der Waals surface area contributed by atoms with Gasteiger partial charge < -0.3 is 15.5 Å². The number of hydrogen-bond donors (Lipinski definition) is 4. The van der Waals surface area contributed by atoms with Crippen molar-refractivity contribution in [3.63, 3.8) is 0 Å². The number of hydrogen-bond acceptors (Lipinski definition) is 8. The fourth-order valence-corrected chi connectivity index (χ4v) is 4.72. The molecule has 5 rings (SSSR count). The minimum absolute atomic E-state index is 0. The standard InChI is InChI=1S/C23H19F3N4O3.C7H8O3S.CH4/c1-12-9-13(24)5-6-15(12)20-16-7-8-19(33)30(21-17(25)3-2-4-18(21)26)22(16)29-23(28-20)27-14(10-31)11-32;1-6-2-4-7(5-3-6)11(8,9)10;/h2-9,14,31-32H,10-11H2,1H3,(H,27,28,29);2-5H,1H3,(H,8,9,10);1H4. The molecule has 14 heteroatoms. The Morgan fingerprint density at radius 2 is 1.51 bits per heavy atom. The fraction of sp³-hybridized carbons (Fsp3) is 0.194. The van der Waals surface area contributed by atoms with Gasteiger partial charge in [0.15, 0.2) is 5.65 Å². The van der Waals surface area contributed by atoms with Crippen LogP contribution in [0.5, 0.6) is 0 Å². The highest BCUT2D eigenvalue weighted by Crippen LogP contribution is 2.31. The van der Waals surface area contributed by atoms with Crippen LogP contribution in [0.4, 0.5) is 19.1 Å². The van der Waals surface area contributed by atoms with Gasteiger partial charge in [-0.2, -0.15) is 13.4 Å². The van der Waals surface area contributed by atoms with Crippen molar-refractivity contribution in [2.75, 3.05) is 18.5 Å². The van der Waals surface area contributed by atoms with E-state index in [-0.39, 0.29) is 35.0 Å². The number of aliphatic hydroxyl groups excluding tert-OH is 2. The van der Waals surface area contributed by atoms with Crippen molar-refractivity contribution in [2.45, 2.75) is 32.2 Å². The number of benzene rings is 3. The van der Waals surface area contributed by atoms with E-state index in [9.17, 15) is 36.6 Å². The van der Waals surface area contributed by atoms with Crippen LogP contribution in [-0.2, 0) is 10.1 Å². The maximum absolute atomic E-state index is 14.6. The van der Waals surface area contributed by atoms with Crippen molar-refractivity contribution in [1.29, 1.82) is 0 Å². The first-order chi connectivity index (χ1) is 20.8. The van der Waals surface area contributed by atoms with Crippen molar-refractivity contribution >= 4 is 27.1 Å². The van der Waals surface area contributed by atoms with E-state index in [2.05, 4.69) is 15.3 Å². The summed E-state index contributed by atoms with van der Waals surface area (Å²) in [4.78, 5) is 21.4. The lowest BCUT2D eigenvalue weighted by Crippen LogP contribution is -2.29. The maximum atomic E-state index is 14.6. The van der Waals surface area contributed by atoms with Gasteiger partial charge in [0.25, 0.3) is 15.7 Å². The van der Waals surface area contributed by atoms with E-state index < -0.39 is 58.1 Å². The first-order valence-corrected chi connectivity index (χ1v) is 14.4. The molecule has 0 aliphatic heterocycles. The van der Waals surface area contributed by atoms with Crippen LogP contribution in [0.1, 0.15) is 18.6 Å². The van der Waals surface area contributed by atoms with Crippen LogP contribution >= 0.6 is 0 Å². The average Bonchev–Trinajstić information content (AvgIpc) is 2.96. The molecule has 0 amide bonds. The minimum Gasteiger partial charge on any atom is -0.394 e. The topological polar surface area (TPSA) is 155 Å². The molecule has 0 radical (unpaired) electrons. The fourth-order valence-electron chi connectivity index (χ4n) is 4.24. The largest absolute Gasteiger partial charge is 0.394 e. The molecule has 10 nitrogen and oxygen atoms in total. The second kappa shape index (κ2) is 14.4. The molecule has 0 aliphatic rings. The van der Waals surface area contributed by atoms with E-state index in [0.29, 0.717) is 11.1 Å². The Hall–Kier alpha value is -4.63. The maximum Gasteiger partial charge on any atom is 0.294 e. The number of pyridine rings is 1. The number of para-hydroxylation sites is 1. The Balaban J connectivity index is 0.000000391. The third kappa shape index (κ3) is 7.91. The van der Waals surface area contributed by atoms with Crippen LogP contribution in [0.15, 0.2) is 82.5 Å². The van der Waals surface area contributed by atoms with Crippen LogP contribution in [0, 0.1) is 31.3 Å². The number of fused-ring (bicyclic) bond motifs is 1. The summed E-state index contributed by atoms with van der Waals surface area (Å²) >= 11 is 0. The molecule has 0 atom stereocenters. The van der Waals surface area contributed by atoms with E-state index in [0.717, 1.165) is 28.3 Å². The van der Waals surface area contributed by atoms with Crippen molar-refractivity contribution < 1.29 is 36.4 Å². The summed E-state index contributed by atoms with van der Waals surface area (Å²) in [6, 6.07) is 14.9. The van der Waals surface area contributed by atoms with Crippen LogP contribution < -0.4 is 10.9 Å². The van der Waals surface area contributed by atoms with Gasteiger partial charge in [-0.05, 0) is 67.9 Å². The number of nitrogens with one attached hydrogen (secondary N) is 1. The monoisotopic (exact) mass is 644 g/mol. The number of halogens is 3. The molecule has 0 spiro atoms. The number of rotatable bonds is 7. The van der Waals surface area contributed by atoms with Crippen molar-refractivity contribution in [3.8, 4) is 16.9 Å². The molecular weight excluding hydrogens is 613 g/mol. The highest BCUT2D eigenvalue weighted by atomic mass is 32.2. The third-order valence-electron chi connectivity index (χ3n) is 6.45. The molecule has 238 valence electrons. The first-order valence-electron chi connectivity index (χ1n) is 13.0. The van der Waals surface area contributed by atoms with Gasteiger partial charge in [-0.15, -0.1) is 0 Å². The van der Waals surface area contributed by atoms with Gasteiger partial charge in [0, 0.05) is 17.0 Å². The molecule has 0 saturated carbocycles. The minimum atomic E-state index is -4.02. The summed E-state index contributed by atoms with van der Waals surface area (Å²) in [5, 5.41) is 21.9. The van der Waals surface area contributed by atoms with E-state index in [1.807, 2.05) is 6.92 Å². The smallest absolute Gasteiger partial charge is 0.294 e. The zero-order valence-electron chi connectivity index (χ0n) is 23.4. The van der Waals surface area contributed by atoms with Crippen molar-refractivity contribution in [3.05, 3.63) is 112 Å². The highest BCUT2D eigenvalue weighted by Gasteiger charge is 2.21. The second-order valence-electron chi connectivity index (χ2n) is 9.66. The molecule has 3 aromatic carbocycles. The van der Waals surface area contributed by atoms with E-state index >= 15 is 0 Å². The molecule has 2 heterocycles. The molecule has 5 aromatic rings. The zero-order chi connectivity index (χ0) is 32.2. The summed E-state index contributed by atoms with van der Waals surface area (Å²) in [5.74, 6) is -2.51. The summed E-state index contributed by atoms with van der Waals surface area (Å²) in [7, 11) is -4.02. The molecule has 0 unspecified atom stereocenters. The number of aryl methyl sites for hydroxylation is 2. The number of aromatic nitrogens is 3. The van der Waals surface area contributed by atoms with Crippen LogP contribution in [0.25, 0.3) is 28.0 Å². The number of aliphatic hydroxyl groups is 2. The Morgan fingerprint density at radius 1 is 0.889 bits per heavy atom. The third-order valence-corrected chi connectivity index (χ3v) is 7.32. The van der Waals surface area contributed by atoms with E-state index in [1.165, 1.54) is 42.5 Å². The normalized spacial score (nSPS) is 11.1. The predicted octanol–water partition coefficient (Wildman–Crippen LogP) is 4.82.